The molecule has 0 N–H and O–H groups in total. The van der Waals surface area contributed by atoms with Crippen LogP contribution in [0.2, 0.25) is 6.55 Å². The number of hydrogen-bond donors (Lipinski definition) is 0. The molecular formula is C3H9OSi. The van der Waals surface area contributed by atoms with Gasteiger partial charge < -0.3 is 4.43 Å². The van der Waals surface area contributed by atoms with Crippen molar-refractivity contribution >= 4 is 9.76 Å². The molecule has 1 nitrogen and oxygen atoms in total. The Kier molecular flexibility index (Phi) is 4.32. The molecule has 0 atom stereocenters. The van der Waals surface area contributed by atoms with E-state index in [0.29, 0.717) is 6.61 Å². The van der Waals surface area contributed by atoms with Crippen LogP contribution in [-0.4, -0.2) is 16.4 Å². The SMILES string of the molecule is [CH2]CO[SiH2]C. The summed E-state index contributed by atoms with van der Waals surface area (Å²) in [6, 6.07) is 0. The summed E-state index contributed by atoms with van der Waals surface area (Å²) in [4.78, 5) is 0. The van der Waals surface area contributed by atoms with Gasteiger partial charge in [0.15, 0.2) is 9.76 Å². The molecule has 0 unspecified atom stereocenters. The highest BCUT2D eigenvalue weighted by molar-refractivity contribution is 6.24. The monoisotopic (exact) mass is 89.0 g/mol. The highest BCUT2D eigenvalue weighted by atomic mass is 28.2. The minimum atomic E-state index is -0.149. The first kappa shape index (κ1) is 5.18. The molecule has 0 saturated carbocycles. The molecular weight excluding hydrogens is 80.1 g/mol. The standard InChI is InChI=1S/C3H9OSi/c1-3-4-5-2/h1,3,5H2,2H3. The van der Waals surface area contributed by atoms with Crippen LogP contribution in [0.1, 0.15) is 0 Å². The van der Waals surface area contributed by atoms with Crippen LogP contribution in [0.25, 0.3) is 0 Å². The Bertz CT molecular complexity index is 14.4. The van der Waals surface area contributed by atoms with Crippen LogP contribution in [0, 0.1) is 6.92 Å². The molecule has 5 heavy (non-hydrogen) atoms. The summed E-state index contributed by atoms with van der Waals surface area (Å²) in [5.41, 5.74) is 0. The van der Waals surface area contributed by atoms with Crippen molar-refractivity contribution in [2.24, 2.45) is 0 Å². The van der Waals surface area contributed by atoms with Gasteiger partial charge in [0.25, 0.3) is 0 Å². The molecule has 31 valence electrons. The van der Waals surface area contributed by atoms with E-state index in [0.717, 1.165) is 0 Å². The Morgan fingerprint density at radius 2 is 2.60 bits per heavy atom. The first-order valence-electron chi connectivity index (χ1n) is 1.78. The highest BCUT2D eigenvalue weighted by Crippen LogP contribution is 1.60. The van der Waals surface area contributed by atoms with Crippen molar-refractivity contribution in [3.63, 3.8) is 0 Å². The minimum absolute atomic E-state index is 0.149. The Balaban J connectivity index is 2.19. The fraction of sp³-hybridized carbons (Fsp3) is 0.667. The zero-order valence-corrected chi connectivity index (χ0v) is 4.94. The summed E-state index contributed by atoms with van der Waals surface area (Å²) in [6.45, 7) is 6.23. The van der Waals surface area contributed by atoms with Gasteiger partial charge in [-0.1, -0.05) is 6.55 Å². The van der Waals surface area contributed by atoms with Gasteiger partial charge in [0.1, 0.15) is 0 Å². The first-order chi connectivity index (χ1) is 2.41. The molecule has 0 bridgehead atoms. The molecule has 0 aliphatic carbocycles. The summed E-state index contributed by atoms with van der Waals surface area (Å²) in [5.74, 6) is 0. The van der Waals surface area contributed by atoms with Crippen molar-refractivity contribution < 1.29 is 4.43 Å². The van der Waals surface area contributed by atoms with E-state index in [2.05, 4.69) is 13.5 Å². The maximum atomic E-state index is 4.86. The summed E-state index contributed by atoms with van der Waals surface area (Å²) >= 11 is 0. The van der Waals surface area contributed by atoms with Crippen LogP contribution in [0.15, 0.2) is 0 Å². The topological polar surface area (TPSA) is 9.23 Å². The lowest BCUT2D eigenvalue weighted by Gasteiger charge is -1.85. The smallest absolute Gasteiger partial charge is 0.158 e. The minimum Gasteiger partial charge on any atom is -0.424 e. The van der Waals surface area contributed by atoms with E-state index in [4.69, 9.17) is 4.43 Å². The summed E-state index contributed by atoms with van der Waals surface area (Å²) in [7, 11) is -0.149. The molecule has 0 heterocycles. The van der Waals surface area contributed by atoms with Crippen LogP contribution in [0.5, 0.6) is 0 Å². The molecule has 0 aliphatic heterocycles. The Morgan fingerprint density at radius 1 is 2.00 bits per heavy atom. The van der Waals surface area contributed by atoms with Gasteiger partial charge in [0, 0.05) is 6.61 Å². The van der Waals surface area contributed by atoms with Crippen molar-refractivity contribution in [3.8, 4) is 0 Å². The summed E-state index contributed by atoms with van der Waals surface area (Å²) in [5, 5.41) is 0. The molecule has 0 saturated heterocycles. The normalized spacial score (nSPS) is 10.8. The average molecular weight is 89.2 g/mol. The third-order valence-electron chi connectivity index (χ3n) is 0.348. The van der Waals surface area contributed by atoms with Gasteiger partial charge in [-0.15, -0.1) is 0 Å². The van der Waals surface area contributed by atoms with Crippen LogP contribution in [0.3, 0.4) is 0 Å². The second kappa shape index (κ2) is 4.18. The van der Waals surface area contributed by atoms with Gasteiger partial charge in [-0.2, -0.15) is 0 Å². The van der Waals surface area contributed by atoms with Gasteiger partial charge in [-0.25, -0.2) is 0 Å². The van der Waals surface area contributed by atoms with Crippen LogP contribution in [-0.2, 0) is 4.43 Å². The molecule has 0 aromatic carbocycles. The molecule has 0 spiro atoms. The number of rotatable bonds is 2. The third kappa shape index (κ3) is 4.18. The Morgan fingerprint density at radius 3 is 2.60 bits per heavy atom. The molecule has 0 rings (SSSR count). The maximum Gasteiger partial charge on any atom is 0.158 e. The van der Waals surface area contributed by atoms with E-state index in [1.165, 1.54) is 0 Å². The quantitative estimate of drug-likeness (QED) is 0.432. The second-order valence-electron chi connectivity index (χ2n) is 0.697. The van der Waals surface area contributed by atoms with E-state index in [1.54, 1.807) is 0 Å². The predicted octanol–water partition coefficient (Wildman–Crippen LogP) is -0.0310. The van der Waals surface area contributed by atoms with Crippen LogP contribution < -0.4 is 0 Å². The zero-order valence-electron chi connectivity index (χ0n) is 3.53. The lowest BCUT2D eigenvalue weighted by molar-refractivity contribution is 0.387. The summed E-state index contributed by atoms with van der Waals surface area (Å²) in [6.07, 6.45) is 0. The van der Waals surface area contributed by atoms with Gasteiger partial charge in [-0.3, -0.25) is 0 Å². The van der Waals surface area contributed by atoms with Crippen LogP contribution >= 0.6 is 0 Å². The second-order valence-corrected chi connectivity index (χ2v) is 1.68. The van der Waals surface area contributed by atoms with E-state index in [1.807, 2.05) is 0 Å². The van der Waals surface area contributed by atoms with Crippen molar-refractivity contribution in [2.45, 2.75) is 6.55 Å². The van der Waals surface area contributed by atoms with Crippen molar-refractivity contribution in [2.75, 3.05) is 6.61 Å². The fourth-order valence-corrected chi connectivity index (χ4v) is 0.433. The zero-order chi connectivity index (χ0) is 4.12. The third-order valence-corrected chi connectivity index (χ3v) is 1.05. The summed E-state index contributed by atoms with van der Waals surface area (Å²) < 4.78 is 4.86. The van der Waals surface area contributed by atoms with E-state index in [9.17, 15) is 0 Å². The van der Waals surface area contributed by atoms with Crippen molar-refractivity contribution in [1.29, 1.82) is 0 Å². The molecule has 0 aromatic rings. The largest absolute Gasteiger partial charge is 0.424 e. The molecule has 1 radical (unpaired) electrons. The predicted molar refractivity (Wildman–Crippen MR) is 25.7 cm³/mol. The Labute approximate surface area is 35.3 Å². The molecule has 0 aliphatic rings. The van der Waals surface area contributed by atoms with Gasteiger partial charge in [-0.05, 0) is 6.92 Å². The molecule has 0 fully saturated rings. The van der Waals surface area contributed by atoms with Gasteiger partial charge in [0.2, 0.25) is 0 Å². The average Bonchev–Trinajstić information content (AvgIpc) is 1.41. The van der Waals surface area contributed by atoms with Crippen LogP contribution in [0.4, 0.5) is 0 Å². The van der Waals surface area contributed by atoms with E-state index in [-0.39, 0.29) is 9.76 Å². The van der Waals surface area contributed by atoms with Crippen molar-refractivity contribution in [3.05, 3.63) is 6.92 Å². The molecule has 2 heteroatoms. The maximum absolute atomic E-state index is 4.86. The lowest BCUT2D eigenvalue weighted by atomic mass is 10.9. The van der Waals surface area contributed by atoms with Gasteiger partial charge in [0.05, 0.1) is 0 Å². The lowest BCUT2D eigenvalue weighted by Crippen LogP contribution is -1.89. The van der Waals surface area contributed by atoms with E-state index >= 15 is 0 Å². The molecule has 0 amide bonds. The van der Waals surface area contributed by atoms with Gasteiger partial charge >= 0.3 is 0 Å². The highest BCUT2D eigenvalue weighted by Gasteiger charge is 1.65. The first-order valence-corrected chi connectivity index (χ1v) is 3.78. The fourth-order valence-electron chi connectivity index (χ4n) is 0.144. The Hall–Kier alpha value is 0.177. The number of hydrogen-bond acceptors (Lipinski definition) is 1. The molecule has 0 aromatic heterocycles. The van der Waals surface area contributed by atoms with Crippen molar-refractivity contribution in [1.82, 2.24) is 0 Å². The van der Waals surface area contributed by atoms with E-state index < -0.39 is 0 Å².